The molecule has 1 N–H and O–H groups in total. The Kier molecular flexibility index (Phi) is 2.87. The number of amides is 1. The number of nitrogens with one attached hydrogen (secondary N) is 1. The van der Waals surface area contributed by atoms with E-state index in [1.54, 1.807) is 4.72 Å². The van der Waals surface area contributed by atoms with Gasteiger partial charge in [0, 0.05) is 39.6 Å². The third-order valence-electron chi connectivity index (χ3n) is 3.51. The standard InChI is InChI=1S/C17H22ClFN2O4S/c18-17(19,14-7-2-1-3-8-14)25-15-9-4-6-13(12-15)16(22)20-26(23,24)21-10-5-11-21/h4,6,9,12,14H,1-3,5,7-8,10-11H2,(H,20,22)/i1D2,2D2,3D2,7D2,8D2,14D. The zero-order chi connectivity index (χ0) is 28.7. The van der Waals surface area contributed by atoms with Crippen LogP contribution >= 0.6 is 11.6 Å². The number of halogens is 2. The van der Waals surface area contributed by atoms with Crippen molar-refractivity contribution >= 4 is 27.7 Å². The van der Waals surface area contributed by atoms with E-state index in [9.17, 15) is 13.2 Å². The highest BCUT2D eigenvalue weighted by molar-refractivity contribution is 7.87. The van der Waals surface area contributed by atoms with Gasteiger partial charge in [0.25, 0.3) is 5.91 Å². The Labute approximate surface area is 173 Å². The highest BCUT2D eigenvalue weighted by Gasteiger charge is 2.40. The van der Waals surface area contributed by atoms with E-state index in [1.807, 2.05) is 0 Å². The topological polar surface area (TPSA) is 75.7 Å². The van der Waals surface area contributed by atoms with Gasteiger partial charge < -0.3 is 4.74 Å². The summed E-state index contributed by atoms with van der Waals surface area (Å²) in [4.78, 5) is 12.4. The van der Waals surface area contributed by atoms with Crippen molar-refractivity contribution in [1.29, 1.82) is 0 Å². The Hall–Kier alpha value is -1.38. The molecule has 1 heterocycles. The van der Waals surface area contributed by atoms with Crippen molar-refractivity contribution in [1.82, 2.24) is 9.03 Å². The van der Waals surface area contributed by atoms with E-state index in [4.69, 9.17) is 31.4 Å². The number of hydrogen-bond donors (Lipinski definition) is 1. The first-order valence-electron chi connectivity index (χ1n) is 12.9. The van der Waals surface area contributed by atoms with Crippen molar-refractivity contribution < 1.29 is 37.4 Å². The van der Waals surface area contributed by atoms with Crippen LogP contribution in [0.4, 0.5) is 4.39 Å². The molecule has 1 unspecified atom stereocenters. The summed E-state index contributed by atoms with van der Waals surface area (Å²) in [6.07, 6.45) is -19.6. The van der Waals surface area contributed by atoms with Gasteiger partial charge >= 0.3 is 15.5 Å². The molecule has 1 atom stereocenters. The highest BCUT2D eigenvalue weighted by Crippen LogP contribution is 2.39. The molecule has 0 aromatic heterocycles. The second-order valence-corrected chi connectivity index (χ2v) is 7.49. The Bertz CT molecular complexity index is 1180. The first kappa shape index (κ1) is 9.71. The van der Waals surface area contributed by atoms with E-state index < -0.39 is 70.5 Å². The Morgan fingerprint density at radius 2 is 2.08 bits per heavy atom. The fourth-order valence-electron chi connectivity index (χ4n) is 2.06. The van der Waals surface area contributed by atoms with Crippen molar-refractivity contribution in [2.75, 3.05) is 13.1 Å². The molecule has 1 aliphatic heterocycles. The minimum absolute atomic E-state index is 0.191. The van der Waals surface area contributed by atoms with Crippen LogP contribution in [0.15, 0.2) is 24.3 Å². The van der Waals surface area contributed by atoms with Crippen LogP contribution in [0.25, 0.3) is 0 Å². The van der Waals surface area contributed by atoms with E-state index in [-0.39, 0.29) is 13.1 Å². The molecular weight excluding hydrogens is 383 g/mol. The lowest BCUT2D eigenvalue weighted by atomic mass is 9.89. The Morgan fingerprint density at radius 3 is 2.69 bits per heavy atom. The second kappa shape index (κ2) is 7.70. The van der Waals surface area contributed by atoms with Gasteiger partial charge in [-0.3, -0.25) is 4.79 Å². The lowest BCUT2D eigenvalue weighted by Crippen LogP contribution is -2.49. The lowest BCUT2D eigenvalue weighted by molar-refractivity contribution is -0.0454. The summed E-state index contributed by atoms with van der Waals surface area (Å²) in [5.41, 5.74) is -0.426. The third-order valence-corrected chi connectivity index (χ3v) is 5.26. The fourth-order valence-corrected chi connectivity index (χ4v) is 3.47. The molecule has 0 spiro atoms. The van der Waals surface area contributed by atoms with Crippen LogP contribution in [0, 0.1) is 5.89 Å². The maximum atomic E-state index is 16.0. The van der Waals surface area contributed by atoms with E-state index in [2.05, 4.69) is 0 Å². The van der Waals surface area contributed by atoms with Crippen LogP contribution in [0.2, 0.25) is 0 Å². The summed E-state index contributed by atoms with van der Waals surface area (Å²) in [5, 5.41) is -4.39. The SMILES string of the molecule is [2H]C1([2H])C([2H])([2H])C([2H])([2H])C([2H])(C(F)(Cl)Oc2cccc(C(=O)NS(=O)(=O)N3CCC3)c2)C([2H])([2H])C1([2H])[2H]. The summed E-state index contributed by atoms with van der Waals surface area (Å²) < 4.78 is 136. The van der Waals surface area contributed by atoms with Gasteiger partial charge in [0.15, 0.2) is 0 Å². The maximum Gasteiger partial charge on any atom is 0.329 e. The monoisotopic (exact) mass is 415 g/mol. The number of rotatable bonds is 6. The van der Waals surface area contributed by atoms with Crippen molar-refractivity contribution in [3.63, 3.8) is 0 Å². The summed E-state index contributed by atoms with van der Waals surface area (Å²) in [7, 11) is -4.17. The lowest BCUT2D eigenvalue weighted by Gasteiger charge is -2.31. The van der Waals surface area contributed by atoms with Gasteiger partial charge in [-0.2, -0.15) is 17.1 Å². The molecule has 26 heavy (non-hydrogen) atoms. The molecule has 9 heteroatoms. The molecule has 1 saturated heterocycles. The predicted octanol–water partition coefficient (Wildman–Crippen LogP) is 3.19. The van der Waals surface area contributed by atoms with Crippen molar-refractivity contribution in [3.05, 3.63) is 29.8 Å². The predicted molar refractivity (Wildman–Crippen MR) is 95.9 cm³/mol. The molecular formula is C17H22ClFN2O4S. The van der Waals surface area contributed by atoms with Crippen molar-refractivity contribution in [2.24, 2.45) is 5.89 Å². The number of ether oxygens (including phenoxy) is 1. The van der Waals surface area contributed by atoms with Crippen LogP contribution in [0.5, 0.6) is 5.75 Å². The molecule has 1 aromatic rings. The molecule has 2 aliphatic rings. The highest BCUT2D eigenvalue weighted by atomic mass is 35.5. The molecule has 144 valence electrons. The molecule has 6 nitrogen and oxygen atoms in total. The number of alkyl halides is 2. The van der Waals surface area contributed by atoms with Gasteiger partial charge in [0.05, 0.1) is 0 Å². The number of nitrogens with zero attached hydrogens (tertiary/aromatic N) is 1. The minimum Gasteiger partial charge on any atom is -0.445 e. The van der Waals surface area contributed by atoms with Crippen LogP contribution in [-0.4, -0.2) is 37.0 Å². The molecule has 1 aliphatic carbocycles. The van der Waals surface area contributed by atoms with Gasteiger partial charge in [-0.1, -0.05) is 25.2 Å². The number of carbonyl (C=O) groups excluding carboxylic acids is 1. The Morgan fingerprint density at radius 1 is 1.38 bits per heavy atom. The second-order valence-electron chi connectivity index (χ2n) is 5.34. The molecule has 1 amide bonds. The molecule has 2 fully saturated rings. The summed E-state index contributed by atoms with van der Waals surface area (Å²) in [6.45, 7) is 0.383. The summed E-state index contributed by atoms with van der Waals surface area (Å²) in [6, 6.07) is 3.81. The normalized spacial score (nSPS) is 38.6. The Balaban J connectivity index is 2.02. The number of hydrogen-bond acceptors (Lipinski definition) is 4. The molecule has 1 aromatic carbocycles. The maximum absolute atomic E-state index is 16.0. The molecule has 0 bridgehead atoms. The fraction of sp³-hybridized carbons (Fsp3) is 0.588. The third kappa shape index (κ3) is 4.47. The molecule has 0 radical (unpaired) electrons. The zero-order valence-corrected chi connectivity index (χ0v) is 14.7. The van der Waals surface area contributed by atoms with E-state index in [0.717, 1.165) is 28.6 Å². The van der Waals surface area contributed by atoms with Gasteiger partial charge in [0.2, 0.25) is 0 Å². The summed E-state index contributed by atoms with van der Waals surface area (Å²) >= 11 is 5.70. The van der Waals surface area contributed by atoms with Gasteiger partial charge in [-0.25, -0.2) is 4.72 Å². The van der Waals surface area contributed by atoms with Gasteiger partial charge in [-0.15, -0.1) is 0 Å². The molecule has 3 rings (SSSR count). The smallest absolute Gasteiger partial charge is 0.329 e. The number of benzene rings is 1. The zero-order valence-electron chi connectivity index (χ0n) is 24.2. The van der Waals surface area contributed by atoms with Crippen LogP contribution in [0.3, 0.4) is 0 Å². The van der Waals surface area contributed by atoms with Crippen LogP contribution in [0.1, 0.15) is 63.7 Å². The van der Waals surface area contributed by atoms with Crippen LogP contribution < -0.4 is 9.46 Å². The van der Waals surface area contributed by atoms with Crippen LogP contribution in [-0.2, 0) is 10.2 Å². The van der Waals surface area contributed by atoms with E-state index in [0.29, 0.717) is 6.42 Å². The summed E-state index contributed by atoms with van der Waals surface area (Å²) in [5.74, 6) is -6.22. The van der Waals surface area contributed by atoms with Crippen molar-refractivity contribution in [2.45, 2.75) is 43.6 Å². The minimum atomic E-state index is -4.39. The first-order valence-corrected chi connectivity index (χ1v) is 9.23. The quantitative estimate of drug-likeness (QED) is 0.724. The average Bonchev–Trinajstić information content (AvgIpc) is 2.69. The van der Waals surface area contributed by atoms with E-state index >= 15 is 4.39 Å². The average molecular weight is 416 g/mol. The first-order chi connectivity index (χ1) is 16.4. The molecule has 1 saturated carbocycles. The largest absolute Gasteiger partial charge is 0.445 e. The van der Waals surface area contributed by atoms with Crippen molar-refractivity contribution in [3.8, 4) is 5.75 Å². The van der Waals surface area contributed by atoms with E-state index in [1.165, 1.54) is 0 Å². The van der Waals surface area contributed by atoms with Gasteiger partial charge in [-0.05, 0) is 49.0 Å². The van der Waals surface area contributed by atoms with Gasteiger partial charge in [0.1, 0.15) is 5.75 Å². The number of carbonyl (C=O) groups is 1.